The zero-order valence-electron chi connectivity index (χ0n) is 7.01. The van der Waals surface area contributed by atoms with Crippen LogP contribution in [0.2, 0.25) is 0 Å². The second-order valence-corrected chi connectivity index (χ2v) is 3.01. The topological polar surface area (TPSA) is 18.5 Å². The molecule has 0 saturated carbocycles. The van der Waals surface area contributed by atoms with Crippen LogP contribution < -0.4 is 5.43 Å². The predicted octanol–water partition coefficient (Wildman–Crippen LogP) is 1.40. The number of hydrogen-bond acceptors (Lipinski definition) is 3. The van der Waals surface area contributed by atoms with Crippen molar-refractivity contribution < 1.29 is 0 Å². The number of fused-ring (bicyclic) bond motifs is 2. The number of rotatable bonds is 0. The second-order valence-electron chi connectivity index (χ2n) is 3.01. The monoisotopic (exact) mass is 171 g/mol. The van der Waals surface area contributed by atoms with E-state index in [-0.39, 0.29) is 0 Å². The highest BCUT2D eigenvalue weighted by atomic mass is 15.5. The zero-order valence-corrected chi connectivity index (χ0v) is 7.01. The Morgan fingerprint density at radius 2 is 1.92 bits per heavy atom. The van der Waals surface area contributed by atoms with Crippen LogP contribution in [0.4, 0.5) is 0 Å². The van der Waals surface area contributed by atoms with Gasteiger partial charge in [-0.1, -0.05) is 6.08 Å². The smallest absolute Gasteiger partial charge is 0.0879 e. The molecule has 3 aliphatic rings. The van der Waals surface area contributed by atoms with E-state index in [9.17, 15) is 0 Å². The quantitative estimate of drug-likeness (QED) is 0.594. The second kappa shape index (κ2) is 2.29. The fourth-order valence-corrected chi connectivity index (χ4v) is 1.62. The van der Waals surface area contributed by atoms with Crippen LogP contribution in [0, 0.1) is 0 Å². The van der Waals surface area contributed by atoms with Crippen LogP contribution in [0.5, 0.6) is 0 Å². The fraction of sp³-hybridized carbons (Fsp3) is 0. The van der Waals surface area contributed by atoms with Crippen LogP contribution in [0.3, 0.4) is 0 Å². The molecule has 0 saturated heterocycles. The minimum atomic E-state index is 1.18. The predicted molar refractivity (Wildman–Crippen MR) is 50.4 cm³/mol. The molecular weight excluding hydrogens is 162 g/mol. The maximum atomic E-state index is 3.12. The molecule has 13 heavy (non-hydrogen) atoms. The molecule has 3 heterocycles. The molecule has 1 N–H and O–H groups in total. The van der Waals surface area contributed by atoms with Crippen molar-refractivity contribution in [3.63, 3.8) is 0 Å². The van der Waals surface area contributed by atoms with E-state index in [4.69, 9.17) is 0 Å². The number of hydrazine groups is 1. The van der Waals surface area contributed by atoms with E-state index < -0.39 is 0 Å². The lowest BCUT2D eigenvalue weighted by molar-refractivity contribution is 0.391. The number of nitrogens with zero attached hydrogens (tertiary/aromatic N) is 2. The Bertz CT molecular complexity index is 385. The molecular formula is C10H9N3. The maximum Gasteiger partial charge on any atom is 0.0879 e. The third-order valence-corrected chi connectivity index (χ3v) is 2.24. The summed E-state index contributed by atoms with van der Waals surface area (Å²) in [5.41, 5.74) is 5.50. The Morgan fingerprint density at radius 1 is 0.923 bits per heavy atom. The first-order chi connectivity index (χ1) is 6.45. The van der Waals surface area contributed by atoms with E-state index in [2.05, 4.69) is 22.5 Å². The highest BCUT2D eigenvalue weighted by molar-refractivity contribution is 5.42. The molecule has 0 bridgehead atoms. The van der Waals surface area contributed by atoms with Gasteiger partial charge in [-0.05, 0) is 18.2 Å². The van der Waals surface area contributed by atoms with E-state index in [0.717, 1.165) is 0 Å². The van der Waals surface area contributed by atoms with Gasteiger partial charge in [0.15, 0.2) is 0 Å². The number of hydrogen-bond donors (Lipinski definition) is 1. The van der Waals surface area contributed by atoms with E-state index in [0.29, 0.717) is 0 Å². The fourth-order valence-electron chi connectivity index (χ4n) is 1.62. The molecule has 64 valence electrons. The Morgan fingerprint density at radius 3 is 2.92 bits per heavy atom. The first kappa shape index (κ1) is 6.60. The molecule has 0 spiro atoms. The molecule has 0 amide bonds. The Hall–Kier alpha value is -1.90. The molecule has 0 aromatic carbocycles. The molecule has 0 atom stereocenters. The van der Waals surface area contributed by atoms with Crippen LogP contribution in [0.1, 0.15) is 0 Å². The largest absolute Gasteiger partial charge is 0.320 e. The molecule has 0 aromatic rings. The molecule has 0 aromatic heterocycles. The summed E-state index contributed by atoms with van der Waals surface area (Å²) >= 11 is 0. The van der Waals surface area contributed by atoms with Gasteiger partial charge >= 0.3 is 0 Å². The third-order valence-electron chi connectivity index (χ3n) is 2.24. The highest BCUT2D eigenvalue weighted by Gasteiger charge is 2.20. The summed E-state index contributed by atoms with van der Waals surface area (Å²) < 4.78 is 0. The van der Waals surface area contributed by atoms with Crippen molar-refractivity contribution >= 4 is 0 Å². The van der Waals surface area contributed by atoms with E-state index in [1.54, 1.807) is 0 Å². The lowest BCUT2D eigenvalue weighted by Crippen LogP contribution is -2.29. The summed E-state index contributed by atoms with van der Waals surface area (Å²) in [5.74, 6) is 0. The molecule has 0 fully saturated rings. The van der Waals surface area contributed by atoms with Gasteiger partial charge in [0.25, 0.3) is 0 Å². The first-order valence-electron chi connectivity index (χ1n) is 4.23. The van der Waals surface area contributed by atoms with Gasteiger partial charge in [-0.25, -0.2) is 0 Å². The van der Waals surface area contributed by atoms with Gasteiger partial charge in [0.05, 0.1) is 11.4 Å². The van der Waals surface area contributed by atoms with Crippen LogP contribution >= 0.6 is 0 Å². The summed E-state index contributed by atoms with van der Waals surface area (Å²) in [6.45, 7) is 0. The molecule has 3 rings (SSSR count). The van der Waals surface area contributed by atoms with Gasteiger partial charge in [0.2, 0.25) is 0 Å². The van der Waals surface area contributed by atoms with Crippen molar-refractivity contribution in [3.8, 4) is 0 Å². The Kier molecular flexibility index (Phi) is 1.16. The van der Waals surface area contributed by atoms with Crippen molar-refractivity contribution in [2.75, 3.05) is 0 Å². The molecule has 0 aliphatic carbocycles. The molecule has 3 heteroatoms. The van der Waals surface area contributed by atoms with Crippen molar-refractivity contribution in [2.24, 2.45) is 0 Å². The zero-order chi connectivity index (χ0) is 8.67. The van der Waals surface area contributed by atoms with Crippen LogP contribution in [-0.4, -0.2) is 9.91 Å². The molecule has 0 radical (unpaired) electrons. The van der Waals surface area contributed by atoms with Gasteiger partial charge in [-0.3, -0.25) is 5.01 Å². The maximum absolute atomic E-state index is 3.12. The highest BCUT2D eigenvalue weighted by Crippen LogP contribution is 2.26. The minimum Gasteiger partial charge on any atom is -0.320 e. The molecule has 3 nitrogen and oxygen atoms in total. The summed E-state index contributed by atoms with van der Waals surface area (Å²) in [4.78, 5) is 2.10. The minimum absolute atomic E-state index is 1.18. The summed E-state index contributed by atoms with van der Waals surface area (Å²) in [5, 5.41) is 2.00. The summed E-state index contributed by atoms with van der Waals surface area (Å²) in [6.07, 6.45) is 16.2. The summed E-state index contributed by atoms with van der Waals surface area (Å²) in [7, 11) is 0. The van der Waals surface area contributed by atoms with Gasteiger partial charge in [0, 0.05) is 24.8 Å². The normalized spacial score (nSPS) is 22.2. The SMILES string of the molecule is C1=CC2=C3C=CNN3C=CN2C=C1. The Labute approximate surface area is 76.6 Å². The standard InChI is InChI=1S/C10H9N3/c1-2-6-12-7-8-13-10(4-5-11-13)9(12)3-1/h1-8,11H. The number of allylic oxidation sites excluding steroid dienone is 4. The van der Waals surface area contributed by atoms with Crippen molar-refractivity contribution in [3.05, 3.63) is 60.5 Å². The van der Waals surface area contributed by atoms with E-state index in [1.165, 1.54) is 11.4 Å². The van der Waals surface area contributed by atoms with Gasteiger partial charge in [-0.2, -0.15) is 0 Å². The first-order valence-corrected chi connectivity index (χ1v) is 4.23. The Balaban J connectivity index is 2.13. The van der Waals surface area contributed by atoms with Crippen LogP contribution in [0.25, 0.3) is 0 Å². The van der Waals surface area contributed by atoms with Crippen molar-refractivity contribution in [2.45, 2.75) is 0 Å². The van der Waals surface area contributed by atoms with Gasteiger partial charge in [0.1, 0.15) is 0 Å². The lowest BCUT2D eigenvalue weighted by Gasteiger charge is -2.29. The molecule has 3 aliphatic heterocycles. The summed E-state index contributed by atoms with van der Waals surface area (Å²) in [6, 6.07) is 0. The van der Waals surface area contributed by atoms with Gasteiger partial charge < -0.3 is 10.3 Å². The van der Waals surface area contributed by atoms with E-state index >= 15 is 0 Å². The third kappa shape index (κ3) is 0.839. The average Bonchev–Trinajstić information content (AvgIpc) is 2.65. The molecule has 0 unspecified atom stereocenters. The lowest BCUT2D eigenvalue weighted by atomic mass is 10.2. The van der Waals surface area contributed by atoms with Crippen LogP contribution in [-0.2, 0) is 0 Å². The van der Waals surface area contributed by atoms with E-state index in [1.807, 2.05) is 42.0 Å². The van der Waals surface area contributed by atoms with Crippen molar-refractivity contribution in [1.29, 1.82) is 0 Å². The van der Waals surface area contributed by atoms with Gasteiger partial charge in [-0.15, -0.1) is 0 Å². The van der Waals surface area contributed by atoms with Crippen LogP contribution in [0.15, 0.2) is 60.5 Å². The van der Waals surface area contributed by atoms with Crippen molar-refractivity contribution in [1.82, 2.24) is 15.3 Å². The number of nitrogens with one attached hydrogen (secondary N) is 1. The average molecular weight is 171 g/mol.